The third-order valence-corrected chi connectivity index (χ3v) is 4.22. The molecular weight excluding hydrogens is 248 g/mol. The van der Waals surface area contributed by atoms with Crippen LogP contribution < -0.4 is 4.74 Å². The molecule has 2 rings (SSSR count). The molecule has 1 fully saturated rings. The van der Waals surface area contributed by atoms with E-state index >= 15 is 0 Å². The van der Waals surface area contributed by atoms with Gasteiger partial charge in [0.25, 0.3) is 0 Å². The van der Waals surface area contributed by atoms with Crippen molar-refractivity contribution in [3.63, 3.8) is 0 Å². The van der Waals surface area contributed by atoms with Gasteiger partial charge >= 0.3 is 0 Å². The molecule has 0 radical (unpaired) electrons. The molecule has 2 nitrogen and oxygen atoms in total. The number of hydrogen-bond acceptors (Lipinski definition) is 2. The Bertz CT molecular complexity index is 456. The zero-order valence-corrected chi connectivity index (χ0v) is 12.5. The summed E-state index contributed by atoms with van der Waals surface area (Å²) in [5.41, 5.74) is 3.45. The van der Waals surface area contributed by atoms with E-state index < -0.39 is 0 Å². The lowest BCUT2D eigenvalue weighted by atomic mass is 9.89. The van der Waals surface area contributed by atoms with Crippen molar-refractivity contribution < 1.29 is 9.47 Å². The molecular formula is C15H21ClO2. The first-order chi connectivity index (χ1) is 8.45. The minimum atomic E-state index is 0.392. The van der Waals surface area contributed by atoms with Crippen molar-refractivity contribution >= 4 is 11.6 Å². The Morgan fingerprint density at radius 3 is 2.56 bits per heavy atom. The molecule has 0 aromatic heterocycles. The van der Waals surface area contributed by atoms with Crippen LogP contribution in [0, 0.1) is 13.8 Å². The maximum atomic E-state index is 6.29. The third-order valence-electron chi connectivity index (χ3n) is 3.83. The average molecular weight is 269 g/mol. The quantitative estimate of drug-likeness (QED) is 0.762. The van der Waals surface area contributed by atoms with Gasteiger partial charge in [-0.1, -0.05) is 18.5 Å². The molecule has 0 N–H and O–H groups in total. The van der Waals surface area contributed by atoms with Crippen molar-refractivity contribution in [2.24, 2.45) is 0 Å². The Morgan fingerprint density at radius 1 is 1.44 bits per heavy atom. The van der Waals surface area contributed by atoms with Crippen LogP contribution in [0.3, 0.4) is 0 Å². The zero-order valence-electron chi connectivity index (χ0n) is 11.7. The van der Waals surface area contributed by atoms with Crippen molar-refractivity contribution in [1.29, 1.82) is 0 Å². The summed E-state index contributed by atoms with van der Waals surface area (Å²) in [4.78, 5) is 0. The standard InChI is InChI=1S/C15H21ClO2/c1-8(7-13-11(4)18-13)14-10(3)12(16)6-9(2)15(14)17-5/h6,8,11,13H,7H2,1-5H3. The second kappa shape index (κ2) is 5.10. The van der Waals surface area contributed by atoms with E-state index in [0.717, 1.165) is 28.3 Å². The highest BCUT2D eigenvalue weighted by molar-refractivity contribution is 6.31. The van der Waals surface area contributed by atoms with Crippen LogP contribution in [0.15, 0.2) is 6.07 Å². The molecule has 1 aliphatic rings. The van der Waals surface area contributed by atoms with Gasteiger partial charge in [0.15, 0.2) is 0 Å². The molecule has 3 atom stereocenters. The van der Waals surface area contributed by atoms with E-state index in [0.29, 0.717) is 18.1 Å². The number of rotatable bonds is 4. The van der Waals surface area contributed by atoms with Gasteiger partial charge < -0.3 is 9.47 Å². The summed E-state index contributed by atoms with van der Waals surface area (Å²) >= 11 is 6.29. The van der Waals surface area contributed by atoms with Crippen LogP contribution in [0.1, 0.15) is 42.9 Å². The molecule has 0 saturated carbocycles. The Balaban J connectivity index is 2.34. The first-order valence-corrected chi connectivity index (χ1v) is 6.82. The third kappa shape index (κ3) is 2.50. The van der Waals surface area contributed by atoms with E-state index in [4.69, 9.17) is 21.1 Å². The Kier molecular flexibility index (Phi) is 3.88. The lowest BCUT2D eigenvalue weighted by molar-refractivity contribution is 0.358. The topological polar surface area (TPSA) is 21.8 Å². The van der Waals surface area contributed by atoms with E-state index in [1.54, 1.807) is 7.11 Å². The number of methoxy groups -OCH3 is 1. The van der Waals surface area contributed by atoms with Crippen LogP contribution in [-0.4, -0.2) is 19.3 Å². The van der Waals surface area contributed by atoms with Crippen LogP contribution in [0.5, 0.6) is 5.75 Å². The highest BCUT2D eigenvalue weighted by Crippen LogP contribution is 2.41. The van der Waals surface area contributed by atoms with Gasteiger partial charge in [-0.2, -0.15) is 0 Å². The SMILES string of the molecule is COc1c(C)cc(Cl)c(C)c1C(C)CC1OC1C. The van der Waals surface area contributed by atoms with Crippen LogP contribution in [0.4, 0.5) is 0 Å². The van der Waals surface area contributed by atoms with Gasteiger partial charge in [-0.15, -0.1) is 0 Å². The number of aryl methyl sites for hydroxylation is 1. The van der Waals surface area contributed by atoms with E-state index in [2.05, 4.69) is 20.8 Å². The molecule has 1 heterocycles. The van der Waals surface area contributed by atoms with Crippen molar-refractivity contribution in [2.75, 3.05) is 7.11 Å². The van der Waals surface area contributed by atoms with Gasteiger partial charge in [0.1, 0.15) is 5.75 Å². The molecule has 0 amide bonds. The molecule has 0 aliphatic carbocycles. The van der Waals surface area contributed by atoms with E-state index in [-0.39, 0.29) is 0 Å². The Labute approximate surface area is 114 Å². The average Bonchev–Trinajstić information content (AvgIpc) is 2.98. The molecule has 3 heteroatoms. The van der Waals surface area contributed by atoms with Crippen LogP contribution in [0.25, 0.3) is 0 Å². The van der Waals surface area contributed by atoms with E-state index in [9.17, 15) is 0 Å². The van der Waals surface area contributed by atoms with Gasteiger partial charge in [-0.25, -0.2) is 0 Å². The van der Waals surface area contributed by atoms with Gasteiger partial charge in [0.2, 0.25) is 0 Å². The number of benzene rings is 1. The lowest BCUT2D eigenvalue weighted by Gasteiger charge is -2.20. The fraction of sp³-hybridized carbons (Fsp3) is 0.600. The second-order valence-corrected chi connectivity index (χ2v) is 5.67. The molecule has 1 saturated heterocycles. The van der Waals surface area contributed by atoms with Crippen molar-refractivity contribution in [1.82, 2.24) is 0 Å². The molecule has 1 aromatic carbocycles. The molecule has 0 bridgehead atoms. The van der Waals surface area contributed by atoms with Crippen LogP contribution in [0.2, 0.25) is 5.02 Å². The van der Waals surface area contributed by atoms with Crippen LogP contribution in [-0.2, 0) is 4.74 Å². The normalized spacial score (nSPS) is 23.9. The molecule has 0 spiro atoms. The van der Waals surface area contributed by atoms with Crippen molar-refractivity contribution in [2.45, 2.75) is 52.2 Å². The fourth-order valence-corrected chi connectivity index (χ4v) is 2.95. The summed E-state index contributed by atoms with van der Waals surface area (Å²) in [7, 11) is 1.72. The zero-order chi connectivity index (χ0) is 13.4. The Hall–Kier alpha value is -0.730. The highest BCUT2D eigenvalue weighted by Gasteiger charge is 2.36. The number of hydrogen-bond donors (Lipinski definition) is 0. The monoisotopic (exact) mass is 268 g/mol. The summed E-state index contributed by atoms with van der Waals surface area (Å²) in [6.45, 7) is 8.43. The summed E-state index contributed by atoms with van der Waals surface area (Å²) in [6, 6.07) is 1.97. The summed E-state index contributed by atoms with van der Waals surface area (Å²) in [5, 5.41) is 0.819. The molecule has 1 aromatic rings. The minimum absolute atomic E-state index is 0.392. The summed E-state index contributed by atoms with van der Waals surface area (Å²) in [5.74, 6) is 1.37. The van der Waals surface area contributed by atoms with Gasteiger partial charge in [0.05, 0.1) is 19.3 Å². The second-order valence-electron chi connectivity index (χ2n) is 5.26. The molecule has 18 heavy (non-hydrogen) atoms. The maximum absolute atomic E-state index is 6.29. The fourth-order valence-electron chi connectivity index (χ4n) is 2.68. The smallest absolute Gasteiger partial charge is 0.125 e. The van der Waals surface area contributed by atoms with Crippen LogP contribution >= 0.6 is 11.6 Å². The van der Waals surface area contributed by atoms with Crippen molar-refractivity contribution in [3.8, 4) is 5.75 Å². The van der Waals surface area contributed by atoms with E-state index in [1.807, 2.05) is 13.0 Å². The summed E-state index contributed by atoms with van der Waals surface area (Å²) in [6.07, 6.45) is 1.82. The molecule has 1 aliphatic heterocycles. The predicted octanol–water partition coefficient (Wildman–Crippen LogP) is 4.25. The summed E-state index contributed by atoms with van der Waals surface area (Å²) < 4.78 is 11.1. The molecule has 3 unspecified atom stereocenters. The number of epoxide rings is 1. The number of halogens is 1. The Morgan fingerprint density at radius 2 is 2.06 bits per heavy atom. The first-order valence-electron chi connectivity index (χ1n) is 6.44. The highest BCUT2D eigenvalue weighted by atomic mass is 35.5. The molecule has 100 valence electrons. The van der Waals surface area contributed by atoms with Gasteiger partial charge in [-0.05, 0) is 50.3 Å². The predicted molar refractivity (Wildman–Crippen MR) is 74.8 cm³/mol. The van der Waals surface area contributed by atoms with Crippen molar-refractivity contribution in [3.05, 3.63) is 27.8 Å². The maximum Gasteiger partial charge on any atom is 0.125 e. The van der Waals surface area contributed by atoms with E-state index in [1.165, 1.54) is 5.56 Å². The lowest BCUT2D eigenvalue weighted by Crippen LogP contribution is -2.06. The van der Waals surface area contributed by atoms with Gasteiger partial charge in [-0.3, -0.25) is 0 Å². The van der Waals surface area contributed by atoms with Gasteiger partial charge in [0, 0.05) is 10.6 Å². The minimum Gasteiger partial charge on any atom is -0.496 e. The largest absolute Gasteiger partial charge is 0.496 e. The first kappa shape index (κ1) is 13.7. The number of ether oxygens (including phenoxy) is 2.